The lowest BCUT2D eigenvalue weighted by molar-refractivity contribution is -0.128. The van der Waals surface area contributed by atoms with Crippen molar-refractivity contribution in [3.8, 4) is 0 Å². The van der Waals surface area contributed by atoms with Crippen molar-refractivity contribution in [3.05, 3.63) is 0 Å². The summed E-state index contributed by atoms with van der Waals surface area (Å²) >= 11 is 0. The van der Waals surface area contributed by atoms with Crippen LogP contribution in [0.4, 0.5) is 0 Å². The second-order valence-electron chi connectivity index (χ2n) is 6.82. The van der Waals surface area contributed by atoms with E-state index >= 15 is 0 Å². The highest BCUT2D eigenvalue weighted by Crippen LogP contribution is 2.20. The van der Waals surface area contributed by atoms with Gasteiger partial charge >= 0.3 is 0 Å². The summed E-state index contributed by atoms with van der Waals surface area (Å²) in [5, 5.41) is 2.88. The molecular formula is C16H29N3O2. The Morgan fingerprint density at radius 2 is 1.86 bits per heavy atom. The molecule has 2 unspecified atom stereocenters. The third-order valence-corrected chi connectivity index (χ3v) is 4.69. The first-order valence-corrected chi connectivity index (χ1v) is 8.23. The van der Waals surface area contributed by atoms with Crippen LogP contribution in [0.3, 0.4) is 0 Å². The second-order valence-corrected chi connectivity index (χ2v) is 6.82. The van der Waals surface area contributed by atoms with Gasteiger partial charge in [-0.1, -0.05) is 13.8 Å². The molecule has 0 aromatic rings. The average molecular weight is 295 g/mol. The summed E-state index contributed by atoms with van der Waals surface area (Å²) in [5.41, 5.74) is 0. The molecule has 5 nitrogen and oxygen atoms in total. The van der Waals surface area contributed by atoms with Crippen LogP contribution >= 0.6 is 0 Å². The van der Waals surface area contributed by atoms with E-state index in [-0.39, 0.29) is 23.7 Å². The highest BCUT2D eigenvalue weighted by molar-refractivity contribution is 5.88. The Kier molecular flexibility index (Phi) is 5.76. The van der Waals surface area contributed by atoms with Crippen LogP contribution in [0.5, 0.6) is 0 Å². The highest BCUT2D eigenvalue weighted by Gasteiger charge is 2.30. The number of amides is 1. The van der Waals surface area contributed by atoms with Gasteiger partial charge in [-0.15, -0.1) is 0 Å². The number of hydrogen-bond acceptors (Lipinski definition) is 4. The molecule has 1 N–H and O–H groups in total. The summed E-state index contributed by atoms with van der Waals surface area (Å²) in [7, 11) is 0. The Morgan fingerprint density at radius 1 is 1.19 bits per heavy atom. The molecule has 2 rings (SSSR count). The van der Waals surface area contributed by atoms with E-state index in [4.69, 9.17) is 0 Å². The van der Waals surface area contributed by atoms with Gasteiger partial charge in [0.15, 0.2) is 5.78 Å². The van der Waals surface area contributed by atoms with Crippen LogP contribution in [0.2, 0.25) is 0 Å². The van der Waals surface area contributed by atoms with Crippen molar-refractivity contribution in [2.45, 2.75) is 52.1 Å². The van der Waals surface area contributed by atoms with E-state index in [0.29, 0.717) is 12.6 Å². The molecular weight excluding hydrogens is 266 g/mol. The largest absolute Gasteiger partial charge is 0.345 e. The topological polar surface area (TPSA) is 52.7 Å². The Labute approximate surface area is 128 Å². The average Bonchev–Trinajstić information content (AvgIpc) is 3.05. The van der Waals surface area contributed by atoms with E-state index in [1.165, 1.54) is 25.9 Å². The lowest BCUT2D eigenvalue weighted by atomic mass is 10.0. The number of Topliss-reactive ketones (excluding diaryl/α,β-unsaturated/α-hetero) is 1. The molecule has 0 radical (unpaired) electrons. The smallest absolute Gasteiger partial charge is 0.234 e. The number of nitrogens with zero attached hydrogens (tertiary/aromatic N) is 2. The lowest BCUT2D eigenvalue weighted by Gasteiger charge is -2.24. The molecule has 2 saturated heterocycles. The molecule has 0 aromatic heterocycles. The van der Waals surface area contributed by atoms with E-state index < -0.39 is 0 Å². The molecule has 1 amide bonds. The van der Waals surface area contributed by atoms with Gasteiger partial charge < -0.3 is 5.32 Å². The Hall–Kier alpha value is -0.940. The van der Waals surface area contributed by atoms with Gasteiger partial charge in [0.05, 0.1) is 12.6 Å². The molecule has 2 atom stereocenters. The van der Waals surface area contributed by atoms with Crippen LogP contribution in [-0.4, -0.2) is 66.3 Å². The Bertz CT molecular complexity index is 378. The molecule has 0 bridgehead atoms. The van der Waals surface area contributed by atoms with E-state index in [0.717, 1.165) is 19.5 Å². The molecule has 0 spiro atoms. The maximum absolute atomic E-state index is 12.1. The SMILES string of the molecule is CC(=O)C(NC(=O)CN1CCC(N2CCCC2)C1)C(C)C. The van der Waals surface area contributed by atoms with Gasteiger partial charge in [-0.25, -0.2) is 0 Å². The summed E-state index contributed by atoms with van der Waals surface area (Å²) < 4.78 is 0. The van der Waals surface area contributed by atoms with Crippen LogP contribution in [0.1, 0.15) is 40.0 Å². The van der Waals surface area contributed by atoms with Gasteiger partial charge in [0.25, 0.3) is 0 Å². The van der Waals surface area contributed by atoms with Crippen molar-refractivity contribution in [2.75, 3.05) is 32.7 Å². The molecule has 120 valence electrons. The molecule has 21 heavy (non-hydrogen) atoms. The van der Waals surface area contributed by atoms with Crippen LogP contribution in [0, 0.1) is 5.92 Å². The third kappa shape index (κ3) is 4.51. The normalized spacial score (nSPS) is 25.4. The minimum Gasteiger partial charge on any atom is -0.345 e. The summed E-state index contributed by atoms with van der Waals surface area (Å²) in [4.78, 5) is 28.5. The summed E-state index contributed by atoms with van der Waals surface area (Å²) in [5.74, 6) is 0.156. The Balaban J connectivity index is 1.77. The first-order chi connectivity index (χ1) is 9.97. The van der Waals surface area contributed by atoms with E-state index in [9.17, 15) is 9.59 Å². The van der Waals surface area contributed by atoms with E-state index in [1.807, 2.05) is 13.8 Å². The Morgan fingerprint density at radius 3 is 2.43 bits per heavy atom. The fourth-order valence-corrected chi connectivity index (χ4v) is 3.52. The molecule has 0 saturated carbocycles. The van der Waals surface area contributed by atoms with Gasteiger partial charge in [0, 0.05) is 19.1 Å². The van der Waals surface area contributed by atoms with Crippen molar-refractivity contribution in [1.29, 1.82) is 0 Å². The van der Waals surface area contributed by atoms with Gasteiger partial charge in [0.2, 0.25) is 5.91 Å². The minimum absolute atomic E-state index is 0.0222. The number of nitrogens with one attached hydrogen (secondary N) is 1. The van der Waals surface area contributed by atoms with Crippen molar-refractivity contribution >= 4 is 11.7 Å². The number of likely N-dealkylation sites (tertiary alicyclic amines) is 2. The molecule has 2 aliphatic rings. The third-order valence-electron chi connectivity index (χ3n) is 4.69. The fourth-order valence-electron chi connectivity index (χ4n) is 3.52. The van der Waals surface area contributed by atoms with Crippen LogP contribution in [0.15, 0.2) is 0 Å². The monoisotopic (exact) mass is 295 g/mol. The standard InChI is InChI=1S/C16H29N3O2/c1-12(2)16(13(3)20)17-15(21)11-18-9-6-14(10-18)19-7-4-5-8-19/h12,14,16H,4-11H2,1-3H3,(H,17,21). The predicted octanol–water partition coefficient (Wildman–Crippen LogP) is 0.886. The molecule has 5 heteroatoms. The number of rotatable bonds is 6. The zero-order valence-corrected chi connectivity index (χ0v) is 13.6. The van der Waals surface area contributed by atoms with Gasteiger partial charge in [-0.2, -0.15) is 0 Å². The number of ketones is 1. The maximum Gasteiger partial charge on any atom is 0.234 e. The fraction of sp³-hybridized carbons (Fsp3) is 0.875. The molecule has 2 fully saturated rings. The van der Waals surface area contributed by atoms with E-state index in [1.54, 1.807) is 6.92 Å². The first-order valence-electron chi connectivity index (χ1n) is 8.23. The van der Waals surface area contributed by atoms with Crippen LogP contribution in [0.25, 0.3) is 0 Å². The lowest BCUT2D eigenvalue weighted by Crippen LogP contribution is -2.47. The molecule has 0 aromatic carbocycles. The second kappa shape index (κ2) is 7.36. The first kappa shape index (κ1) is 16.4. The van der Waals surface area contributed by atoms with Crippen molar-refractivity contribution in [1.82, 2.24) is 15.1 Å². The molecule has 2 heterocycles. The van der Waals surface area contributed by atoms with Gasteiger partial charge in [-0.3, -0.25) is 19.4 Å². The molecule has 2 aliphatic heterocycles. The quantitative estimate of drug-likeness (QED) is 0.790. The van der Waals surface area contributed by atoms with Crippen LogP contribution in [-0.2, 0) is 9.59 Å². The van der Waals surface area contributed by atoms with Crippen LogP contribution < -0.4 is 5.32 Å². The predicted molar refractivity (Wildman–Crippen MR) is 83.1 cm³/mol. The zero-order chi connectivity index (χ0) is 15.4. The van der Waals surface area contributed by atoms with E-state index in [2.05, 4.69) is 15.1 Å². The van der Waals surface area contributed by atoms with Gasteiger partial charge in [0.1, 0.15) is 0 Å². The molecule has 0 aliphatic carbocycles. The van der Waals surface area contributed by atoms with Gasteiger partial charge in [-0.05, 0) is 45.2 Å². The number of carbonyl (C=O) groups is 2. The number of hydrogen-bond donors (Lipinski definition) is 1. The van der Waals surface area contributed by atoms with Crippen molar-refractivity contribution in [2.24, 2.45) is 5.92 Å². The zero-order valence-electron chi connectivity index (χ0n) is 13.6. The maximum atomic E-state index is 12.1. The minimum atomic E-state index is -0.352. The van der Waals surface area contributed by atoms with Crippen molar-refractivity contribution < 1.29 is 9.59 Å². The summed E-state index contributed by atoms with van der Waals surface area (Å²) in [6.45, 7) is 10.3. The summed E-state index contributed by atoms with van der Waals surface area (Å²) in [6.07, 6.45) is 3.78. The van der Waals surface area contributed by atoms with Crippen molar-refractivity contribution in [3.63, 3.8) is 0 Å². The summed E-state index contributed by atoms with van der Waals surface area (Å²) in [6, 6.07) is 0.267. The highest BCUT2D eigenvalue weighted by atomic mass is 16.2. The number of carbonyl (C=O) groups excluding carboxylic acids is 2.